The van der Waals surface area contributed by atoms with E-state index in [2.05, 4.69) is 37.9 Å². The quantitative estimate of drug-likeness (QED) is 0.555. The summed E-state index contributed by atoms with van der Waals surface area (Å²) in [5.74, 6) is -0.970. The van der Waals surface area contributed by atoms with Crippen LogP contribution < -0.4 is 10.2 Å². The first-order chi connectivity index (χ1) is 16.8. The zero-order chi connectivity index (χ0) is 24.6. The number of hydrogen-bond acceptors (Lipinski definition) is 6. The third-order valence-corrected chi connectivity index (χ3v) is 7.49. The number of piperidine rings is 1. The maximum absolute atomic E-state index is 13.8. The van der Waals surface area contributed by atoms with Crippen molar-refractivity contribution in [2.45, 2.75) is 70.0 Å². The van der Waals surface area contributed by atoms with Crippen molar-refractivity contribution in [2.24, 2.45) is 0 Å². The van der Waals surface area contributed by atoms with E-state index in [1.165, 1.54) is 19.2 Å². The van der Waals surface area contributed by atoms with E-state index in [4.69, 9.17) is 4.98 Å². The van der Waals surface area contributed by atoms with Gasteiger partial charge in [-0.1, -0.05) is 6.92 Å². The van der Waals surface area contributed by atoms with Crippen molar-refractivity contribution < 1.29 is 18.0 Å². The van der Waals surface area contributed by atoms with E-state index in [9.17, 15) is 18.0 Å². The Morgan fingerprint density at radius 1 is 1.05 bits per heavy atom. The van der Waals surface area contributed by atoms with Crippen molar-refractivity contribution in [3.05, 3.63) is 29.6 Å². The second-order valence-electron chi connectivity index (χ2n) is 9.75. The Bertz CT molecular complexity index is 1070. The number of aryl methyl sites for hydroxylation is 1. The highest BCUT2D eigenvalue weighted by Crippen LogP contribution is 2.46. The molecule has 5 rings (SSSR count). The minimum atomic E-state index is -4.54. The van der Waals surface area contributed by atoms with Crippen LogP contribution >= 0.6 is 24.8 Å². The number of aromatic nitrogens is 4. The summed E-state index contributed by atoms with van der Waals surface area (Å²) in [5, 5.41) is 2.50. The Kier molecular flexibility index (Phi) is 9.68. The number of nitrogens with one attached hydrogen (secondary N) is 1. The van der Waals surface area contributed by atoms with Gasteiger partial charge in [0.25, 0.3) is 0 Å². The van der Waals surface area contributed by atoms with Crippen LogP contribution in [-0.2, 0) is 17.8 Å². The first-order valence-corrected chi connectivity index (χ1v) is 12.6. The predicted octanol–water partition coefficient (Wildman–Crippen LogP) is 4.55. The number of alkyl halides is 3. The van der Waals surface area contributed by atoms with Gasteiger partial charge in [-0.05, 0) is 45.2 Å². The van der Waals surface area contributed by atoms with Gasteiger partial charge in [0.1, 0.15) is 23.8 Å². The monoisotopic (exact) mass is 563 g/mol. The van der Waals surface area contributed by atoms with E-state index >= 15 is 0 Å². The Balaban J connectivity index is 0.00000190. The molecule has 2 saturated heterocycles. The van der Waals surface area contributed by atoms with Crippen LogP contribution in [-0.4, -0.2) is 69.2 Å². The molecule has 0 bridgehead atoms. The number of fused-ring (bicyclic) bond motifs is 1. The molecule has 2 fully saturated rings. The lowest BCUT2D eigenvalue weighted by molar-refractivity contribution is -0.156. The zero-order valence-electron chi connectivity index (χ0n) is 20.8. The number of hydrogen-bond donors (Lipinski definition) is 1. The van der Waals surface area contributed by atoms with Gasteiger partial charge in [0.05, 0.1) is 17.2 Å². The van der Waals surface area contributed by atoms with Gasteiger partial charge < -0.3 is 19.7 Å². The lowest BCUT2D eigenvalue weighted by atomic mass is 9.90. The van der Waals surface area contributed by atoms with Crippen LogP contribution in [0.3, 0.4) is 0 Å². The topological polar surface area (TPSA) is 79.2 Å². The van der Waals surface area contributed by atoms with Gasteiger partial charge >= 0.3 is 6.18 Å². The Labute approximate surface area is 227 Å². The lowest BCUT2D eigenvalue weighted by Gasteiger charge is -2.36. The number of amides is 1. The fourth-order valence-corrected chi connectivity index (χ4v) is 5.58. The molecular formula is C24H34Cl2F3N7O. The molecule has 1 N–H and O–H groups in total. The van der Waals surface area contributed by atoms with Crippen molar-refractivity contribution in [3.8, 4) is 0 Å². The minimum Gasteiger partial charge on any atom is -0.356 e. The number of imidazole rings is 1. The number of halogens is 5. The van der Waals surface area contributed by atoms with E-state index in [-0.39, 0.29) is 47.9 Å². The molecular weight excluding hydrogens is 530 g/mol. The zero-order valence-corrected chi connectivity index (χ0v) is 22.5. The average molecular weight is 564 g/mol. The average Bonchev–Trinajstić information content (AvgIpc) is 3.51. The van der Waals surface area contributed by atoms with Crippen LogP contribution in [0.2, 0.25) is 0 Å². The second-order valence-corrected chi connectivity index (χ2v) is 9.75. The largest absolute Gasteiger partial charge is 0.396 e. The molecule has 13 heteroatoms. The summed E-state index contributed by atoms with van der Waals surface area (Å²) in [7, 11) is 0. The molecule has 2 aromatic heterocycles. The molecule has 2 aromatic rings. The Morgan fingerprint density at radius 3 is 2.41 bits per heavy atom. The van der Waals surface area contributed by atoms with E-state index < -0.39 is 24.4 Å². The number of carbonyl (C=O) groups excluding carboxylic acids is 1. The maximum Gasteiger partial charge on any atom is 0.396 e. The van der Waals surface area contributed by atoms with E-state index in [1.807, 2.05) is 4.90 Å². The molecule has 5 heterocycles. The fourth-order valence-electron chi connectivity index (χ4n) is 5.58. The fraction of sp³-hybridized carbons (Fsp3) is 0.667. The molecule has 0 aromatic carbocycles. The van der Waals surface area contributed by atoms with Gasteiger partial charge in [-0.3, -0.25) is 4.79 Å². The van der Waals surface area contributed by atoms with Crippen molar-refractivity contribution in [1.82, 2.24) is 24.4 Å². The molecule has 0 aliphatic carbocycles. The van der Waals surface area contributed by atoms with Crippen LogP contribution in [0.4, 0.5) is 24.8 Å². The molecule has 0 unspecified atom stereocenters. The summed E-state index contributed by atoms with van der Waals surface area (Å²) in [6, 6.07) is 0. The SMILES string of the molecule is CCc1cn(CCN2CCCC2)c(C2CCN(c3ncnc4c3[C@H](C(F)(F)F)CC(=O)N4)CC2)n1.Cl.Cl. The van der Waals surface area contributed by atoms with Gasteiger partial charge in [-0.25, -0.2) is 15.0 Å². The number of rotatable bonds is 6. The van der Waals surface area contributed by atoms with E-state index in [1.54, 1.807) is 0 Å². The molecule has 8 nitrogen and oxygen atoms in total. The predicted molar refractivity (Wildman–Crippen MR) is 140 cm³/mol. The molecule has 0 spiro atoms. The van der Waals surface area contributed by atoms with Crippen LogP contribution in [0, 0.1) is 0 Å². The Morgan fingerprint density at radius 2 is 1.76 bits per heavy atom. The summed E-state index contributed by atoms with van der Waals surface area (Å²) >= 11 is 0. The molecule has 37 heavy (non-hydrogen) atoms. The van der Waals surface area contributed by atoms with E-state index in [0.29, 0.717) is 13.1 Å². The molecule has 0 saturated carbocycles. The number of nitrogens with zero attached hydrogens (tertiary/aromatic N) is 6. The van der Waals surface area contributed by atoms with Gasteiger partial charge in [0.2, 0.25) is 5.91 Å². The standard InChI is InChI=1S/C24H32F3N7O.2ClH/c1-2-17-14-34(12-11-32-7-3-4-8-32)22(30-17)16-5-9-33(10-6-16)23-20-18(24(25,26)27)13-19(35)31-21(20)28-15-29-23;;/h14-16,18H,2-13H2,1H3,(H,28,29,31,35);2*1H/t18-;;/m1../s1. The van der Waals surface area contributed by atoms with Crippen molar-refractivity contribution >= 4 is 42.4 Å². The van der Waals surface area contributed by atoms with Crippen LogP contribution in [0.25, 0.3) is 0 Å². The molecule has 1 amide bonds. The minimum absolute atomic E-state index is 0. The second kappa shape index (κ2) is 12.2. The van der Waals surface area contributed by atoms with Crippen LogP contribution in [0.15, 0.2) is 12.5 Å². The summed E-state index contributed by atoms with van der Waals surface area (Å²) in [5.41, 5.74) is 1.07. The first kappa shape index (κ1) is 29.4. The molecule has 1 atom stereocenters. The summed E-state index contributed by atoms with van der Waals surface area (Å²) in [6.07, 6.45) is 3.19. The number of anilines is 2. The van der Waals surface area contributed by atoms with Crippen molar-refractivity contribution in [3.63, 3.8) is 0 Å². The molecule has 3 aliphatic heterocycles. The van der Waals surface area contributed by atoms with Crippen LogP contribution in [0.5, 0.6) is 0 Å². The third-order valence-electron chi connectivity index (χ3n) is 7.49. The highest BCUT2D eigenvalue weighted by Gasteiger charge is 2.48. The summed E-state index contributed by atoms with van der Waals surface area (Å²) < 4.78 is 43.8. The van der Waals surface area contributed by atoms with Gasteiger partial charge in [-0.15, -0.1) is 24.8 Å². The molecule has 0 radical (unpaired) electrons. The lowest BCUT2D eigenvalue weighted by Crippen LogP contribution is -2.38. The van der Waals surface area contributed by atoms with Crippen molar-refractivity contribution in [1.29, 1.82) is 0 Å². The number of carbonyl (C=O) groups is 1. The first-order valence-electron chi connectivity index (χ1n) is 12.6. The highest BCUT2D eigenvalue weighted by molar-refractivity contribution is 5.94. The summed E-state index contributed by atoms with van der Waals surface area (Å²) in [6.45, 7) is 7.50. The van der Waals surface area contributed by atoms with Gasteiger partial charge in [-0.2, -0.15) is 13.2 Å². The van der Waals surface area contributed by atoms with Crippen LogP contribution in [0.1, 0.15) is 67.9 Å². The number of likely N-dealkylation sites (tertiary alicyclic amines) is 1. The smallest absolute Gasteiger partial charge is 0.356 e. The summed E-state index contributed by atoms with van der Waals surface area (Å²) in [4.78, 5) is 29.4. The highest BCUT2D eigenvalue weighted by atomic mass is 35.5. The van der Waals surface area contributed by atoms with Crippen molar-refractivity contribution in [2.75, 3.05) is 42.9 Å². The normalized spacial score (nSPS) is 20.7. The van der Waals surface area contributed by atoms with Gasteiger partial charge in [0.15, 0.2) is 0 Å². The molecule has 3 aliphatic rings. The van der Waals surface area contributed by atoms with E-state index in [0.717, 1.165) is 57.0 Å². The van der Waals surface area contributed by atoms with Gasteiger partial charge in [0, 0.05) is 44.7 Å². The Hall–Kier alpha value is -2.11. The third kappa shape index (κ3) is 6.31. The maximum atomic E-state index is 13.8. The molecule has 206 valence electrons.